The van der Waals surface area contributed by atoms with Gasteiger partial charge in [-0.1, -0.05) is 133 Å². The smallest absolute Gasteiger partial charge is 0.146 e. The Labute approximate surface area is 260 Å². The van der Waals surface area contributed by atoms with Gasteiger partial charge in [0.2, 0.25) is 0 Å². The number of benzene rings is 7. The Hall–Kier alpha value is -6.06. The molecule has 0 aliphatic carbocycles. The van der Waals surface area contributed by atoms with Gasteiger partial charge in [0.05, 0.1) is 16.7 Å². The minimum absolute atomic E-state index is 0.840. The van der Waals surface area contributed by atoms with E-state index in [0.29, 0.717) is 0 Å². The van der Waals surface area contributed by atoms with Gasteiger partial charge in [-0.15, -0.1) is 0 Å². The van der Waals surface area contributed by atoms with E-state index in [9.17, 15) is 0 Å². The number of fused-ring (bicyclic) bond motifs is 4. The van der Waals surface area contributed by atoms with Crippen LogP contribution in [0.25, 0.3) is 82.9 Å². The summed E-state index contributed by atoms with van der Waals surface area (Å²) in [6, 6.07) is 57.8. The Morgan fingerprint density at radius 3 is 1.78 bits per heavy atom. The zero-order valence-electron chi connectivity index (χ0n) is 24.4. The van der Waals surface area contributed by atoms with E-state index in [-0.39, 0.29) is 0 Å². The fourth-order valence-corrected chi connectivity index (χ4v) is 6.79. The van der Waals surface area contributed by atoms with Crippen molar-refractivity contribution in [2.24, 2.45) is 0 Å². The summed E-state index contributed by atoms with van der Waals surface area (Å²) in [5.74, 6) is 1.72. The van der Waals surface area contributed by atoms with E-state index in [2.05, 4.69) is 156 Å². The van der Waals surface area contributed by atoms with Crippen LogP contribution < -0.4 is 0 Å². The van der Waals surface area contributed by atoms with Crippen molar-refractivity contribution < 1.29 is 0 Å². The first kappa shape index (κ1) is 25.4. The summed E-state index contributed by atoms with van der Waals surface area (Å²) in [7, 11) is 0. The Morgan fingerprint density at radius 1 is 0.400 bits per heavy atom. The largest absolute Gasteiger partial charge is 0.276 e. The average molecular weight is 574 g/mol. The molecule has 0 N–H and O–H groups in total. The summed E-state index contributed by atoms with van der Waals surface area (Å²) in [5.41, 5.74) is 7.56. The number of pyridine rings is 1. The predicted molar refractivity (Wildman–Crippen MR) is 188 cm³/mol. The second-order valence-corrected chi connectivity index (χ2v) is 11.4. The normalized spacial score (nSPS) is 11.6. The van der Waals surface area contributed by atoms with Gasteiger partial charge < -0.3 is 0 Å². The molecule has 0 aliphatic rings. The lowest BCUT2D eigenvalue weighted by Gasteiger charge is -2.18. The molecule has 0 spiro atoms. The lowest BCUT2D eigenvalue weighted by Crippen LogP contribution is -2.01. The van der Waals surface area contributed by atoms with Crippen molar-refractivity contribution in [1.82, 2.24) is 14.5 Å². The van der Waals surface area contributed by atoms with E-state index >= 15 is 0 Å². The minimum Gasteiger partial charge on any atom is -0.276 e. The fraction of sp³-hybridized carbons (Fsp3) is 0. The van der Waals surface area contributed by atoms with Gasteiger partial charge in [0.1, 0.15) is 11.6 Å². The Kier molecular flexibility index (Phi) is 5.82. The van der Waals surface area contributed by atoms with Crippen LogP contribution in [0.5, 0.6) is 0 Å². The van der Waals surface area contributed by atoms with Gasteiger partial charge in [0, 0.05) is 11.1 Å². The number of aromatic nitrogens is 3. The summed E-state index contributed by atoms with van der Waals surface area (Å²) in [4.78, 5) is 10.4. The molecule has 0 saturated carbocycles. The van der Waals surface area contributed by atoms with Crippen molar-refractivity contribution in [3.05, 3.63) is 164 Å². The second kappa shape index (κ2) is 10.3. The van der Waals surface area contributed by atoms with Gasteiger partial charge in [-0.25, -0.2) is 9.97 Å². The van der Waals surface area contributed by atoms with Crippen LogP contribution in [-0.2, 0) is 0 Å². The summed E-state index contributed by atoms with van der Waals surface area (Å²) in [6.45, 7) is 0. The highest BCUT2D eigenvalue weighted by atomic mass is 15.1. The number of rotatable bonds is 4. The van der Waals surface area contributed by atoms with Crippen molar-refractivity contribution in [2.45, 2.75) is 0 Å². The molecule has 2 heterocycles. The topological polar surface area (TPSA) is 30.7 Å². The van der Waals surface area contributed by atoms with Crippen LogP contribution in [0.15, 0.2) is 164 Å². The quantitative estimate of drug-likeness (QED) is 0.196. The van der Waals surface area contributed by atoms with Gasteiger partial charge in [-0.2, -0.15) is 0 Å². The lowest BCUT2D eigenvalue weighted by molar-refractivity contribution is 1.03. The molecule has 0 amide bonds. The number of para-hydroxylation sites is 2. The highest BCUT2D eigenvalue weighted by Crippen LogP contribution is 2.44. The summed E-state index contributed by atoms with van der Waals surface area (Å²) < 4.78 is 2.18. The molecule has 2 aromatic heterocycles. The van der Waals surface area contributed by atoms with Crippen molar-refractivity contribution in [1.29, 1.82) is 0 Å². The lowest BCUT2D eigenvalue weighted by atomic mass is 9.87. The Balaban J connectivity index is 1.32. The first-order chi connectivity index (χ1) is 22.3. The van der Waals surface area contributed by atoms with Crippen LogP contribution in [0, 0.1) is 0 Å². The van der Waals surface area contributed by atoms with E-state index in [4.69, 9.17) is 9.97 Å². The molecule has 0 aliphatic heterocycles. The zero-order chi connectivity index (χ0) is 29.7. The molecule has 0 saturated heterocycles. The monoisotopic (exact) mass is 573 g/mol. The molecule has 45 heavy (non-hydrogen) atoms. The summed E-state index contributed by atoms with van der Waals surface area (Å²) in [6.07, 6.45) is 0. The van der Waals surface area contributed by atoms with E-state index in [1.165, 1.54) is 43.4 Å². The maximum absolute atomic E-state index is 5.39. The highest BCUT2D eigenvalue weighted by molar-refractivity contribution is 6.21. The van der Waals surface area contributed by atoms with Crippen LogP contribution in [0.3, 0.4) is 0 Å². The molecule has 3 nitrogen and oxygen atoms in total. The number of hydrogen-bond donors (Lipinski definition) is 0. The molecular formula is C42H27N3. The van der Waals surface area contributed by atoms with Gasteiger partial charge in [0.25, 0.3) is 0 Å². The van der Waals surface area contributed by atoms with E-state index in [0.717, 1.165) is 39.5 Å². The number of nitrogens with zero attached hydrogens (tertiary/aromatic N) is 3. The van der Waals surface area contributed by atoms with Crippen molar-refractivity contribution >= 4 is 43.4 Å². The van der Waals surface area contributed by atoms with Crippen LogP contribution in [0.2, 0.25) is 0 Å². The van der Waals surface area contributed by atoms with Gasteiger partial charge in [-0.3, -0.25) is 4.57 Å². The van der Waals surface area contributed by atoms with E-state index in [1.54, 1.807) is 0 Å². The van der Waals surface area contributed by atoms with Crippen molar-refractivity contribution in [2.75, 3.05) is 0 Å². The average Bonchev–Trinajstić information content (AvgIpc) is 3.51. The molecule has 0 bridgehead atoms. The second-order valence-electron chi connectivity index (χ2n) is 11.4. The number of imidazole rings is 1. The Bertz CT molecular complexity index is 2490. The Morgan fingerprint density at radius 2 is 1.02 bits per heavy atom. The van der Waals surface area contributed by atoms with Crippen LogP contribution in [0.4, 0.5) is 0 Å². The van der Waals surface area contributed by atoms with E-state index in [1.807, 2.05) is 12.1 Å². The van der Waals surface area contributed by atoms with Crippen molar-refractivity contribution in [3.63, 3.8) is 0 Å². The first-order valence-electron chi connectivity index (χ1n) is 15.3. The molecule has 0 fully saturated rings. The van der Waals surface area contributed by atoms with Crippen LogP contribution >= 0.6 is 0 Å². The zero-order valence-corrected chi connectivity index (χ0v) is 24.4. The maximum Gasteiger partial charge on any atom is 0.146 e. The third kappa shape index (κ3) is 4.13. The molecule has 0 atom stereocenters. The fourth-order valence-electron chi connectivity index (χ4n) is 6.79. The standard InChI is InChI=1S/C42H27N3/c1-2-14-29(15-3-1)42-44-36-21-10-11-23-38(36)45(42)39-24-12-22-37(43-39)41-34-19-8-6-17-32(34)40(33-18-7-9-20-35(33)41)31-26-25-28-13-4-5-16-30(28)27-31/h1-27H. The number of hydrogen-bond acceptors (Lipinski definition) is 2. The molecule has 0 unspecified atom stereocenters. The molecule has 9 aromatic rings. The summed E-state index contributed by atoms with van der Waals surface area (Å²) in [5, 5.41) is 7.28. The highest BCUT2D eigenvalue weighted by Gasteiger charge is 2.19. The molecular weight excluding hydrogens is 546 g/mol. The molecule has 0 radical (unpaired) electrons. The SMILES string of the molecule is c1ccc(-c2nc3ccccc3n2-c2cccc(-c3c4ccccc4c(-c4ccc5ccccc5c4)c4ccccc34)n2)cc1. The minimum atomic E-state index is 0.840. The van der Waals surface area contributed by atoms with Crippen molar-refractivity contribution in [3.8, 4) is 39.6 Å². The molecule has 210 valence electrons. The first-order valence-corrected chi connectivity index (χ1v) is 15.3. The molecule has 3 heteroatoms. The molecule has 9 rings (SSSR count). The van der Waals surface area contributed by atoms with Gasteiger partial charge in [-0.05, 0) is 73.8 Å². The predicted octanol–water partition coefficient (Wildman–Crippen LogP) is 10.9. The van der Waals surface area contributed by atoms with Crippen LogP contribution in [0.1, 0.15) is 0 Å². The van der Waals surface area contributed by atoms with Gasteiger partial charge >= 0.3 is 0 Å². The van der Waals surface area contributed by atoms with Gasteiger partial charge in [0.15, 0.2) is 0 Å². The molecule has 7 aromatic carbocycles. The third-order valence-electron chi connectivity index (χ3n) is 8.78. The third-order valence-corrected chi connectivity index (χ3v) is 8.78. The van der Waals surface area contributed by atoms with E-state index < -0.39 is 0 Å². The summed E-state index contributed by atoms with van der Waals surface area (Å²) >= 11 is 0. The van der Waals surface area contributed by atoms with Crippen LogP contribution in [-0.4, -0.2) is 14.5 Å². The maximum atomic E-state index is 5.39.